The molecule has 0 aliphatic rings. The second-order valence-corrected chi connectivity index (χ2v) is 5.32. The number of aryl methyl sites for hydroxylation is 1. The molecule has 3 rings (SSSR count). The van der Waals surface area contributed by atoms with E-state index in [2.05, 4.69) is 31.0 Å². The molecule has 2 heterocycles. The Kier molecular flexibility index (Phi) is 3.23. The number of para-hydroxylation sites is 1. The van der Waals surface area contributed by atoms with Gasteiger partial charge in [-0.1, -0.05) is 18.2 Å². The number of aromatic nitrogens is 3. The highest BCUT2D eigenvalue weighted by Gasteiger charge is 2.02. The number of hydrogen-bond donors (Lipinski definition) is 1. The molecular formula is C14H12BrN5. The number of halogens is 1. The Balaban J connectivity index is 2.04. The van der Waals surface area contributed by atoms with Gasteiger partial charge in [0.15, 0.2) is 0 Å². The molecular weight excluding hydrogens is 318 g/mol. The van der Waals surface area contributed by atoms with Crippen molar-refractivity contribution in [2.75, 3.05) is 5.73 Å². The lowest BCUT2D eigenvalue weighted by atomic mass is 10.1. The van der Waals surface area contributed by atoms with Crippen LogP contribution in [0.15, 0.2) is 46.2 Å². The van der Waals surface area contributed by atoms with Crippen molar-refractivity contribution in [2.45, 2.75) is 6.92 Å². The van der Waals surface area contributed by atoms with Gasteiger partial charge in [-0.3, -0.25) is 4.98 Å². The Hall–Kier alpha value is -2.21. The fraction of sp³-hybridized carbons (Fsp3) is 0.0714. The first-order chi connectivity index (χ1) is 9.63. The summed E-state index contributed by atoms with van der Waals surface area (Å²) in [6.45, 7) is 1.87. The third-order valence-corrected chi connectivity index (χ3v) is 3.30. The Bertz CT molecular complexity index is 806. The lowest BCUT2D eigenvalue weighted by molar-refractivity contribution is 0.897. The number of hydrogen-bond acceptors (Lipinski definition) is 4. The van der Waals surface area contributed by atoms with Crippen LogP contribution in [0.1, 0.15) is 11.3 Å². The molecule has 0 amide bonds. The van der Waals surface area contributed by atoms with E-state index in [1.165, 1.54) is 0 Å². The highest BCUT2D eigenvalue weighted by atomic mass is 79.9. The Morgan fingerprint density at radius 3 is 3.00 bits per heavy atom. The van der Waals surface area contributed by atoms with E-state index in [0.717, 1.165) is 26.6 Å². The standard InChI is InChI=1S/C14H12BrN5/c1-9-8-20(14(16)19-9)18-6-11-4-2-3-10-5-12(15)7-17-13(10)11/h2-8H,1H3,(H2,16,19). The summed E-state index contributed by atoms with van der Waals surface area (Å²) in [6.07, 6.45) is 5.29. The summed E-state index contributed by atoms with van der Waals surface area (Å²) in [6, 6.07) is 7.97. The summed E-state index contributed by atoms with van der Waals surface area (Å²) in [5, 5.41) is 5.38. The highest BCUT2D eigenvalue weighted by molar-refractivity contribution is 9.10. The van der Waals surface area contributed by atoms with Gasteiger partial charge in [0.1, 0.15) is 0 Å². The second kappa shape index (κ2) is 5.05. The van der Waals surface area contributed by atoms with Crippen molar-refractivity contribution >= 4 is 39.0 Å². The Morgan fingerprint density at radius 1 is 1.40 bits per heavy atom. The number of nitrogens with zero attached hydrogens (tertiary/aromatic N) is 4. The second-order valence-electron chi connectivity index (χ2n) is 4.40. The number of imidazole rings is 1. The molecule has 1 aromatic carbocycles. The van der Waals surface area contributed by atoms with Gasteiger partial charge in [-0.2, -0.15) is 5.10 Å². The summed E-state index contributed by atoms with van der Waals surface area (Å²) in [7, 11) is 0. The largest absolute Gasteiger partial charge is 0.368 e. The molecule has 0 radical (unpaired) electrons. The smallest absolute Gasteiger partial charge is 0.221 e. The zero-order valence-electron chi connectivity index (χ0n) is 10.8. The molecule has 0 bridgehead atoms. The predicted molar refractivity (Wildman–Crippen MR) is 83.8 cm³/mol. The van der Waals surface area contributed by atoms with Crippen molar-refractivity contribution in [1.29, 1.82) is 0 Å². The van der Waals surface area contributed by atoms with Crippen LogP contribution in [0.3, 0.4) is 0 Å². The van der Waals surface area contributed by atoms with Crippen molar-refractivity contribution in [3.05, 3.63) is 52.4 Å². The van der Waals surface area contributed by atoms with Crippen molar-refractivity contribution in [2.24, 2.45) is 5.10 Å². The molecule has 3 aromatic rings. The summed E-state index contributed by atoms with van der Waals surface area (Å²) in [5.41, 5.74) is 8.42. The first kappa shape index (κ1) is 12.8. The van der Waals surface area contributed by atoms with Gasteiger partial charge in [0.05, 0.1) is 23.6 Å². The van der Waals surface area contributed by atoms with Crippen molar-refractivity contribution in [3.63, 3.8) is 0 Å². The fourth-order valence-corrected chi connectivity index (χ4v) is 2.33. The van der Waals surface area contributed by atoms with E-state index >= 15 is 0 Å². The average molecular weight is 330 g/mol. The van der Waals surface area contributed by atoms with Crippen LogP contribution in [0.5, 0.6) is 0 Å². The molecule has 0 saturated carbocycles. The van der Waals surface area contributed by atoms with Crippen molar-refractivity contribution < 1.29 is 0 Å². The Labute approximate surface area is 124 Å². The number of fused-ring (bicyclic) bond motifs is 1. The third kappa shape index (κ3) is 2.42. The number of nitrogens with two attached hydrogens (primary N) is 1. The van der Waals surface area contributed by atoms with E-state index in [9.17, 15) is 0 Å². The molecule has 20 heavy (non-hydrogen) atoms. The summed E-state index contributed by atoms with van der Waals surface area (Å²) in [5.74, 6) is 0.370. The lowest BCUT2D eigenvalue weighted by Crippen LogP contribution is -1.97. The van der Waals surface area contributed by atoms with Gasteiger partial charge in [-0.15, -0.1) is 0 Å². The minimum absolute atomic E-state index is 0.370. The number of benzene rings is 1. The minimum Gasteiger partial charge on any atom is -0.368 e. The first-order valence-corrected chi connectivity index (χ1v) is 6.83. The van der Waals surface area contributed by atoms with Crippen LogP contribution in [0.25, 0.3) is 10.9 Å². The van der Waals surface area contributed by atoms with E-state index in [4.69, 9.17) is 5.73 Å². The van der Waals surface area contributed by atoms with Gasteiger partial charge in [0, 0.05) is 21.6 Å². The number of nitrogen functional groups attached to an aromatic ring is 1. The third-order valence-electron chi connectivity index (χ3n) is 2.86. The van der Waals surface area contributed by atoms with Crippen LogP contribution >= 0.6 is 15.9 Å². The molecule has 100 valence electrons. The molecule has 0 fully saturated rings. The molecule has 0 unspecified atom stereocenters. The van der Waals surface area contributed by atoms with Crippen LogP contribution in [0.2, 0.25) is 0 Å². The molecule has 0 aliphatic heterocycles. The van der Waals surface area contributed by atoms with Gasteiger partial charge in [-0.25, -0.2) is 9.66 Å². The van der Waals surface area contributed by atoms with Crippen LogP contribution in [0.4, 0.5) is 5.95 Å². The summed E-state index contributed by atoms with van der Waals surface area (Å²) < 4.78 is 2.50. The fourth-order valence-electron chi connectivity index (χ4n) is 1.98. The van der Waals surface area contributed by atoms with Gasteiger partial charge < -0.3 is 5.73 Å². The SMILES string of the molecule is Cc1cn(N=Cc2cccc3cc(Br)cnc23)c(N)n1. The first-order valence-electron chi connectivity index (χ1n) is 6.03. The average Bonchev–Trinajstić information content (AvgIpc) is 2.74. The molecule has 0 saturated heterocycles. The van der Waals surface area contributed by atoms with Crippen LogP contribution in [0, 0.1) is 6.92 Å². The number of anilines is 1. The van der Waals surface area contributed by atoms with Crippen LogP contribution < -0.4 is 5.73 Å². The summed E-state index contributed by atoms with van der Waals surface area (Å²) in [4.78, 5) is 8.53. The molecule has 6 heteroatoms. The number of rotatable bonds is 2. The molecule has 0 atom stereocenters. The zero-order valence-corrected chi connectivity index (χ0v) is 12.4. The van der Waals surface area contributed by atoms with Gasteiger partial charge in [-0.05, 0) is 28.9 Å². The predicted octanol–water partition coefficient (Wildman–Crippen LogP) is 2.97. The highest BCUT2D eigenvalue weighted by Crippen LogP contribution is 2.19. The van der Waals surface area contributed by atoms with E-state index in [1.54, 1.807) is 23.3 Å². The van der Waals surface area contributed by atoms with Gasteiger partial charge >= 0.3 is 0 Å². The molecule has 0 aliphatic carbocycles. The lowest BCUT2D eigenvalue weighted by Gasteiger charge is -2.01. The van der Waals surface area contributed by atoms with Gasteiger partial charge in [0.25, 0.3) is 0 Å². The molecule has 0 spiro atoms. The monoisotopic (exact) mass is 329 g/mol. The topological polar surface area (TPSA) is 69.1 Å². The van der Waals surface area contributed by atoms with Gasteiger partial charge in [0.2, 0.25) is 5.95 Å². The maximum atomic E-state index is 5.75. The quantitative estimate of drug-likeness (QED) is 0.735. The maximum Gasteiger partial charge on any atom is 0.221 e. The normalized spacial score (nSPS) is 11.5. The zero-order chi connectivity index (χ0) is 14.1. The summed E-state index contributed by atoms with van der Waals surface area (Å²) >= 11 is 3.42. The van der Waals surface area contributed by atoms with E-state index in [0.29, 0.717) is 5.95 Å². The maximum absolute atomic E-state index is 5.75. The molecule has 5 nitrogen and oxygen atoms in total. The van der Waals surface area contributed by atoms with Crippen molar-refractivity contribution in [1.82, 2.24) is 14.6 Å². The van der Waals surface area contributed by atoms with E-state index in [1.807, 2.05) is 31.2 Å². The van der Waals surface area contributed by atoms with Crippen LogP contribution in [-0.2, 0) is 0 Å². The minimum atomic E-state index is 0.370. The van der Waals surface area contributed by atoms with Crippen molar-refractivity contribution in [3.8, 4) is 0 Å². The molecule has 2 aromatic heterocycles. The molecule has 2 N–H and O–H groups in total. The Morgan fingerprint density at radius 2 is 2.25 bits per heavy atom. The van der Waals surface area contributed by atoms with E-state index < -0.39 is 0 Å². The van der Waals surface area contributed by atoms with Crippen LogP contribution in [-0.4, -0.2) is 20.9 Å². The van der Waals surface area contributed by atoms with E-state index in [-0.39, 0.29) is 0 Å². The number of pyridine rings is 1.